The highest BCUT2D eigenvalue weighted by atomic mass is 32.1. The number of piperidine rings is 1. The van der Waals surface area contributed by atoms with Crippen LogP contribution < -0.4 is 5.32 Å². The number of likely N-dealkylation sites (tertiary alicyclic amines) is 2. The van der Waals surface area contributed by atoms with Crippen molar-refractivity contribution in [3.05, 3.63) is 22.4 Å². The fourth-order valence-corrected chi connectivity index (χ4v) is 5.07. The van der Waals surface area contributed by atoms with Crippen molar-refractivity contribution >= 4 is 23.3 Å². The summed E-state index contributed by atoms with van der Waals surface area (Å²) in [7, 11) is 0. The second kappa shape index (κ2) is 6.98. The third-order valence-corrected chi connectivity index (χ3v) is 7.04. The largest absolute Gasteiger partial charge is 0.342 e. The Morgan fingerprint density at radius 3 is 2.88 bits per heavy atom. The molecule has 1 aliphatic carbocycles. The lowest BCUT2D eigenvalue weighted by Crippen LogP contribution is -2.52. The minimum atomic E-state index is -0.317. The second-order valence-corrected chi connectivity index (χ2v) is 8.87. The Hall–Kier alpha value is -1.56. The van der Waals surface area contributed by atoms with Gasteiger partial charge < -0.3 is 15.1 Å². The number of nitrogens with zero attached hydrogens (tertiary/aromatic N) is 2. The second-order valence-electron chi connectivity index (χ2n) is 7.84. The first kappa shape index (κ1) is 16.9. The van der Waals surface area contributed by atoms with E-state index in [-0.39, 0.29) is 11.4 Å². The number of carbonyl (C=O) groups is 2. The van der Waals surface area contributed by atoms with Gasteiger partial charge in [-0.1, -0.05) is 12.5 Å². The van der Waals surface area contributed by atoms with Crippen LogP contribution >= 0.6 is 11.3 Å². The van der Waals surface area contributed by atoms with Gasteiger partial charge in [-0.05, 0) is 49.5 Å². The zero-order valence-electron chi connectivity index (χ0n) is 14.7. The number of nitrogens with one attached hydrogen (secondary N) is 1. The maximum atomic E-state index is 13.1. The lowest BCUT2D eigenvalue weighted by atomic mass is 9.77. The molecule has 25 heavy (non-hydrogen) atoms. The Morgan fingerprint density at radius 2 is 2.16 bits per heavy atom. The molecule has 3 amide bonds. The average molecular weight is 362 g/mol. The Labute approximate surface area is 153 Å². The first-order valence-electron chi connectivity index (χ1n) is 9.51. The predicted molar refractivity (Wildman–Crippen MR) is 98.3 cm³/mol. The summed E-state index contributed by atoms with van der Waals surface area (Å²) in [6.45, 7) is 3.69. The molecule has 1 spiro atoms. The fraction of sp³-hybridized carbons (Fsp3) is 0.684. The molecular weight excluding hydrogens is 334 g/mol. The van der Waals surface area contributed by atoms with Crippen LogP contribution in [0.15, 0.2) is 17.5 Å². The average Bonchev–Trinajstić information content (AvgIpc) is 3.23. The van der Waals surface area contributed by atoms with Gasteiger partial charge in [-0.25, -0.2) is 4.79 Å². The van der Waals surface area contributed by atoms with Gasteiger partial charge in [0.05, 0.1) is 12.0 Å². The molecule has 0 radical (unpaired) electrons. The van der Waals surface area contributed by atoms with Crippen LogP contribution in [0.2, 0.25) is 0 Å². The number of carbonyl (C=O) groups excluding carboxylic acids is 2. The van der Waals surface area contributed by atoms with Crippen LogP contribution in [-0.2, 0) is 11.3 Å². The smallest absolute Gasteiger partial charge is 0.317 e. The van der Waals surface area contributed by atoms with Gasteiger partial charge in [-0.15, -0.1) is 11.3 Å². The summed E-state index contributed by atoms with van der Waals surface area (Å²) < 4.78 is 0. The normalized spacial score (nSPS) is 27.0. The van der Waals surface area contributed by atoms with E-state index in [1.807, 2.05) is 22.4 Å². The molecular formula is C19H27N3O2S. The number of hydrogen-bond acceptors (Lipinski definition) is 3. The molecule has 2 aliphatic heterocycles. The Balaban J connectivity index is 1.34. The maximum absolute atomic E-state index is 13.1. The van der Waals surface area contributed by atoms with Gasteiger partial charge in [0, 0.05) is 31.1 Å². The van der Waals surface area contributed by atoms with Crippen molar-refractivity contribution in [1.82, 2.24) is 15.1 Å². The summed E-state index contributed by atoms with van der Waals surface area (Å²) in [5.74, 6) is 1.02. The molecule has 1 N–H and O–H groups in total. The summed E-state index contributed by atoms with van der Waals surface area (Å²) in [5, 5.41) is 5.02. The Morgan fingerprint density at radius 1 is 1.28 bits per heavy atom. The van der Waals surface area contributed by atoms with Crippen molar-refractivity contribution in [3.8, 4) is 0 Å². The number of thiophene rings is 1. The number of rotatable bonds is 4. The van der Waals surface area contributed by atoms with E-state index in [9.17, 15) is 9.59 Å². The van der Waals surface area contributed by atoms with Crippen molar-refractivity contribution in [2.75, 3.05) is 26.2 Å². The van der Waals surface area contributed by atoms with Gasteiger partial charge in [-0.2, -0.15) is 0 Å². The molecule has 0 unspecified atom stereocenters. The zero-order chi connectivity index (χ0) is 17.3. The molecule has 6 heteroatoms. The summed E-state index contributed by atoms with van der Waals surface area (Å²) in [6, 6.07) is 3.99. The molecule has 2 saturated heterocycles. The first-order chi connectivity index (χ1) is 12.2. The van der Waals surface area contributed by atoms with Gasteiger partial charge >= 0.3 is 6.03 Å². The molecule has 0 aromatic carbocycles. The molecule has 3 fully saturated rings. The predicted octanol–water partition coefficient (Wildman–Crippen LogP) is 3.07. The van der Waals surface area contributed by atoms with Crippen LogP contribution in [0.25, 0.3) is 0 Å². The molecule has 0 bridgehead atoms. The van der Waals surface area contributed by atoms with Gasteiger partial charge in [0.2, 0.25) is 5.91 Å². The van der Waals surface area contributed by atoms with E-state index < -0.39 is 0 Å². The number of urea groups is 1. The van der Waals surface area contributed by atoms with Crippen molar-refractivity contribution in [2.24, 2.45) is 11.3 Å². The van der Waals surface area contributed by atoms with Gasteiger partial charge in [0.25, 0.3) is 0 Å². The van der Waals surface area contributed by atoms with E-state index in [0.29, 0.717) is 31.5 Å². The number of amides is 3. The third-order valence-electron chi connectivity index (χ3n) is 6.16. The highest BCUT2D eigenvalue weighted by molar-refractivity contribution is 7.09. The molecule has 1 aromatic rings. The quantitative estimate of drug-likeness (QED) is 0.896. The highest BCUT2D eigenvalue weighted by Crippen LogP contribution is 2.41. The van der Waals surface area contributed by atoms with Crippen LogP contribution in [-0.4, -0.2) is 47.9 Å². The molecule has 4 rings (SSSR count). The van der Waals surface area contributed by atoms with Gasteiger partial charge in [0.15, 0.2) is 0 Å². The van der Waals surface area contributed by atoms with Crippen LogP contribution in [0.3, 0.4) is 0 Å². The van der Waals surface area contributed by atoms with E-state index >= 15 is 0 Å². The minimum Gasteiger partial charge on any atom is -0.342 e. The summed E-state index contributed by atoms with van der Waals surface area (Å²) in [6.07, 6.45) is 6.68. The van der Waals surface area contributed by atoms with Crippen molar-refractivity contribution in [3.63, 3.8) is 0 Å². The highest BCUT2D eigenvalue weighted by Gasteiger charge is 2.49. The van der Waals surface area contributed by atoms with Crippen LogP contribution in [0, 0.1) is 11.3 Å². The third kappa shape index (κ3) is 3.41. The van der Waals surface area contributed by atoms with Crippen molar-refractivity contribution < 1.29 is 9.59 Å². The van der Waals surface area contributed by atoms with Gasteiger partial charge in [-0.3, -0.25) is 4.79 Å². The van der Waals surface area contributed by atoms with Crippen LogP contribution in [0.4, 0.5) is 4.79 Å². The zero-order valence-corrected chi connectivity index (χ0v) is 15.5. The van der Waals surface area contributed by atoms with E-state index in [0.717, 1.165) is 37.2 Å². The van der Waals surface area contributed by atoms with E-state index in [4.69, 9.17) is 0 Å². The van der Waals surface area contributed by atoms with E-state index in [1.165, 1.54) is 19.3 Å². The number of hydrogen-bond donors (Lipinski definition) is 1. The van der Waals surface area contributed by atoms with Gasteiger partial charge in [0.1, 0.15) is 0 Å². The molecule has 3 aliphatic rings. The molecule has 136 valence electrons. The topological polar surface area (TPSA) is 52.7 Å². The molecule has 5 nitrogen and oxygen atoms in total. The molecule has 1 saturated carbocycles. The summed E-state index contributed by atoms with van der Waals surface area (Å²) >= 11 is 1.65. The van der Waals surface area contributed by atoms with Crippen molar-refractivity contribution in [1.29, 1.82) is 0 Å². The summed E-state index contributed by atoms with van der Waals surface area (Å²) in [4.78, 5) is 30.7. The van der Waals surface area contributed by atoms with E-state index in [2.05, 4.69) is 10.2 Å². The van der Waals surface area contributed by atoms with E-state index in [1.54, 1.807) is 11.3 Å². The first-order valence-corrected chi connectivity index (χ1v) is 10.4. The monoisotopic (exact) mass is 361 g/mol. The minimum absolute atomic E-state index is 0.0332. The fourth-order valence-electron chi connectivity index (χ4n) is 4.43. The SMILES string of the molecule is O=C(NCc1cccs1)N1CC[C@]2(CCCN(CC3CCC3)C2=O)C1. The molecule has 1 atom stereocenters. The molecule has 1 aromatic heterocycles. The lowest BCUT2D eigenvalue weighted by Gasteiger charge is -2.42. The maximum Gasteiger partial charge on any atom is 0.317 e. The lowest BCUT2D eigenvalue weighted by molar-refractivity contribution is -0.146. The molecule has 3 heterocycles. The van der Waals surface area contributed by atoms with Crippen molar-refractivity contribution in [2.45, 2.75) is 45.1 Å². The van der Waals surface area contributed by atoms with Crippen LogP contribution in [0.5, 0.6) is 0 Å². The Bertz CT molecular complexity index is 629. The van der Waals surface area contributed by atoms with Crippen LogP contribution in [0.1, 0.15) is 43.4 Å². The summed E-state index contributed by atoms with van der Waals surface area (Å²) in [5.41, 5.74) is -0.317. The Kier molecular flexibility index (Phi) is 4.71. The standard InChI is InChI=1S/C19H27N3O2S/c23-17-19(7-3-9-21(17)13-15-4-1-5-15)8-10-22(14-19)18(24)20-12-16-6-2-11-25-16/h2,6,11,15H,1,3-5,7-10,12-14H2,(H,20,24)/t19-/m1/s1.